The maximum atomic E-state index is 14.1. The van der Waals surface area contributed by atoms with Gasteiger partial charge in [0.05, 0.1) is 30.4 Å². The maximum Gasteiger partial charge on any atom is 0.258 e. The molecule has 0 spiro atoms. The highest BCUT2D eigenvalue weighted by Gasteiger charge is 2.30. The average Bonchev–Trinajstić information content (AvgIpc) is 2.90. The van der Waals surface area contributed by atoms with Crippen molar-refractivity contribution in [2.24, 2.45) is 5.92 Å². The van der Waals surface area contributed by atoms with Gasteiger partial charge in [-0.1, -0.05) is 25.1 Å². The van der Waals surface area contributed by atoms with Crippen LogP contribution < -0.4 is 10.1 Å². The van der Waals surface area contributed by atoms with E-state index in [1.807, 2.05) is 34.0 Å². The Hall–Kier alpha value is -2.94. The number of rotatable bonds is 6. The number of carbonyl (C=O) groups is 2. The molecule has 0 saturated carbocycles. The Morgan fingerprint density at radius 1 is 1.16 bits per heavy atom. The Labute approximate surface area is 226 Å². The number of amides is 2. The van der Waals surface area contributed by atoms with Crippen molar-refractivity contribution < 1.29 is 24.2 Å². The molecule has 0 radical (unpaired) electrons. The van der Waals surface area contributed by atoms with Crippen LogP contribution in [-0.2, 0) is 4.74 Å². The number of benzene rings is 2. The summed E-state index contributed by atoms with van der Waals surface area (Å²) in [6.07, 6.45) is 2.55. The summed E-state index contributed by atoms with van der Waals surface area (Å²) in [5, 5.41) is 12.9. The number of ether oxygens (including phenoxy) is 2. The number of hydrogen-bond donors (Lipinski definition) is 2. The first-order valence-corrected chi connectivity index (χ1v) is 13.5. The molecule has 0 aromatic heterocycles. The van der Waals surface area contributed by atoms with Gasteiger partial charge in [-0.05, 0) is 77.5 Å². The van der Waals surface area contributed by atoms with Gasteiger partial charge in [-0.15, -0.1) is 0 Å². The second kappa shape index (κ2) is 14.3. The molecular weight excluding hydrogens is 482 g/mol. The minimum absolute atomic E-state index is 0.0301. The van der Waals surface area contributed by atoms with Crippen molar-refractivity contribution in [2.45, 2.75) is 58.3 Å². The van der Waals surface area contributed by atoms with E-state index in [4.69, 9.17) is 9.47 Å². The number of nitrogens with one attached hydrogen (secondary N) is 1. The summed E-state index contributed by atoms with van der Waals surface area (Å²) in [6.45, 7) is 7.54. The molecule has 2 aromatic rings. The Bertz CT molecular complexity index is 1050. The monoisotopic (exact) mass is 525 g/mol. The van der Waals surface area contributed by atoms with Gasteiger partial charge >= 0.3 is 0 Å². The van der Waals surface area contributed by atoms with Crippen molar-refractivity contribution in [3.63, 3.8) is 0 Å². The predicted octanol–water partition coefficient (Wildman–Crippen LogP) is 4.30. The predicted molar refractivity (Wildman–Crippen MR) is 150 cm³/mol. The molecule has 2 aromatic carbocycles. The number of hydrogen-bond acceptors (Lipinski definition) is 6. The Morgan fingerprint density at radius 3 is 2.58 bits per heavy atom. The van der Waals surface area contributed by atoms with Gasteiger partial charge in [0.1, 0.15) is 5.75 Å². The number of nitrogens with zero attached hydrogens (tertiary/aromatic N) is 2. The summed E-state index contributed by atoms with van der Waals surface area (Å²) in [6, 6.07) is 13.7. The van der Waals surface area contributed by atoms with Gasteiger partial charge in [-0.2, -0.15) is 0 Å². The molecule has 8 heteroatoms. The van der Waals surface area contributed by atoms with E-state index < -0.39 is 6.04 Å². The van der Waals surface area contributed by atoms with Crippen LogP contribution in [0.4, 0.5) is 5.69 Å². The zero-order valence-electron chi connectivity index (χ0n) is 23.4. The fraction of sp³-hybridized carbons (Fsp3) is 0.533. The van der Waals surface area contributed by atoms with E-state index in [2.05, 4.69) is 17.1 Å². The first-order valence-electron chi connectivity index (χ1n) is 13.5. The summed E-state index contributed by atoms with van der Waals surface area (Å²) in [5.74, 6) is -0.00756. The van der Waals surface area contributed by atoms with Crippen molar-refractivity contribution in [3.8, 4) is 5.75 Å². The van der Waals surface area contributed by atoms with Crippen molar-refractivity contribution >= 4 is 17.5 Å². The van der Waals surface area contributed by atoms with Crippen molar-refractivity contribution in [3.05, 3.63) is 59.7 Å². The van der Waals surface area contributed by atoms with Gasteiger partial charge in [-0.3, -0.25) is 9.59 Å². The summed E-state index contributed by atoms with van der Waals surface area (Å²) < 4.78 is 12.5. The Kier molecular flexibility index (Phi) is 11.1. The number of anilines is 1. The SMILES string of the molecule is C[C@@H]1CCCCO[C@@H](CN(C)C)[C@@H](C)CN([C@H](C)CO)C(=O)c2cc(NC(=O)c3ccccc3)ccc2O1. The van der Waals surface area contributed by atoms with E-state index in [-0.39, 0.29) is 36.5 Å². The second-order valence-corrected chi connectivity index (χ2v) is 10.6. The Balaban J connectivity index is 1.98. The smallest absolute Gasteiger partial charge is 0.258 e. The summed E-state index contributed by atoms with van der Waals surface area (Å²) >= 11 is 0. The molecule has 1 aliphatic rings. The van der Waals surface area contributed by atoms with Crippen LogP contribution in [0.1, 0.15) is 60.7 Å². The third-order valence-corrected chi connectivity index (χ3v) is 6.89. The number of likely N-dealkylation sites (N-methyl/N-ethyl adjacent to an activating group) is 1. The highest BCUT2D eigenvalue weighted by molar-refractivity contribution is 6.05. The van der Waals surface area contributed by atoms with Crippen molar-refractivity contribution in [1.29, 1.82) is 0 Å². The molecule has 2 amide bonds. The molecular formula is C30H43N3O5. The summed E-state index contributed by atoms with van der Waals surface area (Å²) in [7, 11) is 4.03. The molecule has 3 rings (SSSR count). The van der Waals surface area contributed by atoms with E-state index in [1.54, 1.807) is 47.4 Å². The van der Waals surface area contributed by atoms with Crippen LogP contribution in [0.3, 0.4) is 0 Å². The summed E-state index contributed by atoms with van der Waals surface area (Å²) in [5.41, 5.74) is 1.39. The molecule has 0 unspecified atom stereocenters. The van der Waals surface area contributed by atoms with E-state index in [1.165, 1.54) is 0 Å². The highest BCUT2D eigenvalue weighted by atomic mass is 16.5. The van der Waals surface area contributed by atoms with Gasteiger partial charge in [0.25, 0.3) is 11.8 Å². The normalized spacial score (nSPS) is 22.2. The van der Waals surface area contributed by atoms with Crippen LogP contribution >= 0.6 is 0 Å². The zero-order chi connectivity index (χ0) is 27.7. The standard InChI is InChI=1S/C30H43N3O5/c1-21-18-33(22(2)20-34)30(36)26-17-25(31-29(35)24-12-7-6-8-13-24)14-15-27(26)38-23(3)11-9-10-16-37-28(21)19-32(4)5/h6-8,12-15,17,21-23,28,34H,9-11,16,18-20H2,1-5H3,(H,31,35)/t21-,22+,23+,28-/m0/s1. The van der Waals surface area contributed by atoms with Crippen molar-refractivity contribution in [2.75, 3.05) is 45.7 Å². The molecule has 4 atom stereocenters. The van der Waals surface area contributed by atoms with E-state index >= 15 is 0 Å². The molecule has 0 bridgehead atoms. The molecule has 1 aliphatic heterocycles. The fourth-order valence-electron chi connectivity index (χ4n) is 4.62. The van der Waals surface area contributed by atoms with Crippen LogP contribution in [0, 0.1) is 5.92 Å². The lowest BCUT2D eigenvalue weighted by Gasteiger charge is -2.35. The van der Waals surface area contributed by atoms with Crippen LogP contribution in [0.5, 0.6) is 5.75 Å². The van der Waals surface area contributed by atoms with Gasteiger partial charge < -0.3 is 29.7 Å². The zero-order valence-corrected chi connectivity index (χ0v) is 23.4. The molecule has 38 heavy (non-hydrogen) atoms. The number of fused-ring (bicyclic) bond motifs is 1. The van der Waals surface area contributed by atoms with Gasteiger partial charge in [0.2, 0.25) is 0 Å². The summed E-state index contributed by atoms with van der Waals surface area (Å²) in [4.78, 5) is 30.6. The third kappa shape index (κ3) is 8.28. The minimum Gasteiger partial charge on any atom is -0.490 e. The third-order valence-electron chi connectivity index (χ3n) is 6.89. The van der Waals surface area contributed by atoms with E-state index in [9.17, 15) is 14.7 Å². The largest absolute Gasteiger partial charge is 0.490 e. The lowest BCUT2D eigenvalue weighted by atomic mass is 10.0. The molecule has 2 N–H and O–H groups in total. The average molecular weight is 526 g/mol. The molecule has 8 nitrogen and oxygen atoms in total. The first-order chi connectivity index (χ1) is 18.2. The highest BCUT2D eigenvalue weighted by Crippen LogP contribution is 2.28. The maximum absolute atomic E-state index is 14.1. The van der Waals surface area contributed by atoms with E-state index in [0.717, 1.165) is 25.8 Å². The van der Waals surface area contributed by atoms with Crippen LogP contribution in [0.15, 0.2) is 48.5 Å². The molecule has 1 heterocycles. The molecule has 208 valence electrons. The quantitative estimate of drug-likeness (QED) is 0.585. The lowest BCUT2D eigenvalue weighted by molar-refractivity contribution is -0.0137. The van der Waals surface area contributed by atoms with Crippen molar-refractivity contribution in [1.82, 2.24) is 9.80 Å². The topological polar surface area (TPSA) is 91.3 Å². The fourth-order valence-corrected chi connectivity index (χ4v) is 4.62. The lowest BCUT2D eigenvalue weighted by Crippen LogP contribution is -2.47. The van der Waals surface area contributed by atoms with Gasteiger partial charge in [-0.25, -0.2) is 0 Å². The van der Waals surface area contributed by atoms with Crippen LogP contribution in [-0.4, -0.2) is 85.4 Å². The number of aliphatic hydroxyl groups excluding tert-OH is 1. The molecule has 0 aliphatic carbocycles. The van der Waals surface area contributed by atoms with Gasteiger partial charge in [0, 0.05) is 36.9 Å². The Morgan fingerprint density at radius 2 is 1.89 bits per heavy atom. The molecule has 0 fully saturated rings. The van der Waals surface area contributed by atoms with Crippen LogP contribution in [0.2, 0.25) is 0 Å². The number of carbonyl (C=O) groups excluding carboxylic acids is 2. The van der Waals surface area contributed by atoms with Crippen LogP contribution in [0.25, 0.3) is 0 Å². The first kappa shape index (κ1) is 29.6. The van der Waals surface area contributed by atoms with E-state index in [0.29, 0.717) is 35.7 Å². The second-order valence-electron chi connectivity index (χ2n) is 10.6. The van der Waals surface area contributed by atoms with Gasteiger partial charge in [0.15, 0.2) is 0 Å². The molecule has 0 saturated heterocycles. The minimum atomic E-state index is -0.411. The number of aliphatic hydroxyl groups is 1.